The molecule has 2 N–H and O–H groups in total. The van der Waals surface area contributed by atoms with Gasteiger partial charge in [-0.2, -0.15) is 13.2 Å². The second-order valence-electron chi connectivity index (χ2n) is 2.68. The van der Waals surface area contributed by atoms with Gasteiger partial charge in [-0.3, -0.25) is 4.79 Å². The van der Waals surface area contributed by atoms with Crippen LogP contribution >= 0.6 is 15.9 Å². The molecule has 1 amide bonds. The van der Waals surface area contributed by atoms with Crippen LogP contribution in [0.1, 0.15) is 13.3 Å². The number of amides is 1. The van der Waals surface area contributed by atoms with Crippen molar-refractivity contribution in [3.05, 3.63) is 0 Å². The third-order valence-electron chi connectivity index (χ3n) is 1.49. The lowest BCUT2D eigenvalue weighted by Gasteiger charge is -2.16. The summed E-state index contributed by atoms with van der Waals surface area (Å²) in [6, 6.07) is 0. The lowest BCUT2D eigenvalue weighted by molar-refractivity contribution is -0.201. The molecular formula is C7H11BrF3NO2. The number of aliphatic hydroxyl groups excluding tert-OH is 1. The molecule has 7 heteroatoms. The predicted molar refractivity (Wildman–Crippen MR) is 48.1 cm³/mol. The summed E-state index contributed by atoms with van der Waals surface area (Å²) >= 11 is 2.97. The summed E-state index contributed by atoms with van der Waals surface area (Å²) in [5.41, 5.74) is 0. The fourth-order valence-corrected chi connectivity index (χ4v) is 0.771. The zero-order valence-electron chi connectivity index (χ0n) is 7.44. The Bertz CT molecular complexity index is 198. The average molecular weight is 278 g/mol. The third-order valence-corrected chi connectivity index (χ3v) is 2.55. The van der Waals surface area contributed by atoms with Crippen molar-refractivity contribution in [1.29, 1.82) is 0 Å². The lowest BCUT2D eigenvalue weighted by atomic mass is 10.3. The molecule has 0 radical (unpaired) electrons. The van der Waals surface area contributed by atoms with Gasteiger partial charge in [0.2, 0.25) is 5.91 Å². The molecule has 0 fully saturated rings. The first-order valence-corrected chi connectivity index (χ1v) is 4.87. The fourth-order valence-electron chi connectivity index (χ4n) is 0.609. The van der Waals surface area contributed by atoms with E-state index in [0.717, 1.165) is 0 Å². The molecule has 0 saturated heterocycles. The molecule has 2 unspecified atom stereocenters. The van der Waals surface area contributed by atoms with Crippen molar-refractivity contribution in [1.82, 2.24) is 5.32 Å². The molecule has 0 saturated carbocycles. The number of aliphatic hydroxyl groups is 1. The highest BCUT2D eigenvalue weighted by atomic mass is 79.9. The van der Waals surface area contributed by atoms with Gasteiger partial charge in [0, 0.05) is 0 Å². The molecular weight excluding hydrogens is 267 g/mol. The van der Waals surface area contributed by atoms with E-state index in [-0.39, 0.29) is 0 Å². The van der Waals surface area contributed by atoms with Crippen LogP contribution in [0, 0.1) is 0 Å². The summed E-state index contributed by atoms with van der Waals surface area (Å²) in [7, 11) is 0. The molecule has 0 spiro atoms. The van der Waals surface area contributed by atoms with Crippen LogP contribution in [0.3, 0.4) is 0 Å². The molecule has 0 rings (SSSR count). The third kappa shape index (κ3) is 4.80. The molecule has 84 valence electrons. The van der Waals surface area contributed by atoms with Gasteiger partial charge in [0.15, 0.2) is 6.10 Å². The maximum absolute atomic E-state index is 11.8. The number of hydrogen-bond donors (Lipinski definition) is 2. The van der Waals surface area contributed by atoms with E-state index >= 15 is 0 Å². The number of halogens is 4. The van der Waals surface area contributed by atoms with Crippen LogP contribution < -0.4 is 5.32 Å². The molecule has 3 nitrogen and oxygen atoms in total. The van der Waals surface area contributed by atoms with E-state index in [0.29, 0.717) is 6.42 Å². The molecule has 14 heavy (non-hydrogen) atoms. The van der Waals surface area contributed by atoms with Crippen molar-refractivity contribution >= 4 is 21.8 Å². The standard InChI is InChI=1S/C7H11BrF3NO2/c1-2-4(8)6(14)12-3-5(13)7(9,10)11/h4-5,13H,2-3H2,1H3,(H,12,14). The Balaban J connectivity index is 3.89. The van der Waals surface area contributed by atoms with Gasteiger partial charge in [-0.1, -0.05) is 22.9 Å². The van der Waals surface area contributed by atoms with E-state index in [1.807, 2.05) is 5.32 Å². The summed E-state index contributed by atoms with van der Waals surface area (Å²) in [5, 5.41) is 10.5. The van der Waals surface area contributed by atoms with Crippen LogP contribution in [-0.2, 0) is 4.79 Å². The van der Waals surface area contributed by atoms with Crippen molar-refractivity contribution in [2.45, 2.75) is 30.5 Å². The number of nitrogens with one attached hydrogen (secondary N) is 1. The van der Waals surface area contributed by atoms with Crippen molar-refractivity contribution < 1.29 is 23.1 Å². The smallest absolute Gasteiger partial charge is 0.382 e. The molecule has 0 bridgehead atoms. The second kappa shape index (κ2) is 5.55. The summed E-state index contributed by atoms with van der Waals surface area (Å²) < 4.78 is 35.3. The minimum absolute atomic E-state index is 0.466. The van der Waals surface area contributed by atoms with Crippen molar-refractivity contribution in [2.75, 3.05) is 6.54 Å². The van der Waals surface area contributed by atoms with Crippen LogP contribution in [-0.4, -0.2) is 34.7 Å². The molecule has 0 aliphatic carbocycles. The SMILES string of the molecule is CCC(Br)C(=O)NCC(O)C(F)(F)F. The number of carbonyl (C=O) groups is 1. The van der Waals surface area contributed by atoms with Crippen molar-refractivity contribution in [3.8, 4) is 0 Å². The highest BCUT2D eigenvalue weighted by molar-refractivity contribution is 9.10. The van der Waals surface area contributed by atoms with Gasteiger partial charge in [0.25, 0.3) is 0 Å². The molecule has 0 aliphatic heterocycles. The van der Waals surface area contributed by atoms with E-state index in [4.69, 9.17) is 5.11 Å². The molecule has 0 aromatic heterocycles. The first kappa shape index (κ1) is 13.7. The molecule has 0 heterocycles. The summed E-state index contributed by atoms with van der Waals surface area (Å²) in [5.74, 6) is -0.559. The van der Waals surface area contributed by atoms with Crippen LogP contribution in [0.2, 0.25) is 0 Å². The quantitative estimate of drug-likeness (QED) is 0.759. The summed E-state index contributed by atoms with van der Waals surface area (Å²) in [6.45, 7) is 0.892. The van der Waals surface area contributed by atoms with Gasteiger partial charge < -0.3 is 10.4 Å². The van der Waals surface area contributed by atoms with Gasteiger partial charge >= 0.3 is 6.18 Å². The minimum atomic E-state index is -4.69. The Labute approximate surface area is 87.8 Å². The number of carbonyl (C=O) groups excluding carboxylic acids is 1. The van der Waals surface area contributed by atoms with Gasteiger partial charge in [-0.25, -0.2) is 0 Å². The normalized spacial score (nSPS) is 16.1. The Morgan fingerprint density at radius 3 is 2.43 bits per heavy atom. The Hall–Kier alpha value is -0.300. The highest BCUT2D eigenvalue weighted by Crippen LogP contribution is 2.19. The second-order valence-corrected chi connectivity index (χ2v) is 3.78. The number of rotatable bonds is 4. The van der Waals surface area contributed by atoms with E-state index in [2.05, 4.69) is 15.9 Å². The van der Waals surface area contributed by atoms with Crippen LogP contribution in [0.5, 0.6) is 0 Å². The molecule has 0 aliphatic rings. The van der Waals surface area contributed by atoms with Gasteiger partial charge in [-0.15, -0.1) is 0 Å². The maximum Gasteiger partial charge on any atom is 0.416 e. The van der Waals surface area contributed by atoms with E-state index < -0.39 is 29.6 Å². The van der Waals surface area contributed by atoms with Gasteiger partial charge in [0.1, 0.15) is 0 Å². The van der Waals surface area contributed by atoms with Crippen molar-refractivity contribution in [3.63, 3.8) is 0 Å². The highest BCUT2D eigenvalue weighted by Gasteiger charge is 2.38. The van der Waals surface area contributed by atoms with Crippen molar-refractivity contribution in [2.24, 2.45) is 0 Å². The van der Waals surface area contributed by atoms with Crippen LogP contribution in [0.15, 0.2) is 0 Å². The molecule has 0 aromatic carbocycles. The van der Waals surface area contributed by atoms with Gasteiger partial charge in [-0.05, 0) is 6.42 Å². The first-order valence-electron chi connectivity index (χ1n) is 3.95. The largest absolute Gasteiger partial charge is 0.416 e. The summed E-state index contributed by atoms with van der Waals surface area (Å²) in [4.78, 5) is 10.4. The zero-order valence-corrected chi connectivity index (χ0v) is 9.02. The number of hydrogen-bond acceptors (Lipinski definition) is 2. The number of alkyl halides is 4. The zero-order chi connectivity index (χ0) is 11.4. The summed E-state index contributed by atoms with van der Waals surface area (Å²) in [6.07, 6.45) is -6.74. The fraction of sp³-hybridized carbons (Fsp3) is 0.857. The molecule has 0 aromatic rings. The first-order chi connectivity index (χ1) is 6.29. The monoisotopic (exact) mass is 277 g/mol. The van der Waals surface area contributed by atoms with E-state index in [9.17, 15) is 18.0 Å². The topological polar surface area (TPSA) is 49.3 Å². The van der Waals surface area contributed by atoms with Crippen LogP contribution in [0.25, 0.3) is 0 Å². The Kier molecular flexibility index (Phi) is 5.43. The average Bonchev–Trinajstić information content (AvgIpc) is 2.10. The van der Waals surface area contributed by atoms with E-state index in [1.165, 1.54) is 0 Å². The van der Waals surface area contributed by atoms with Gasteiger partial charge in [0.05, 0.1) is 11.4 Å². The Morgan fingerprint density at radius 1 is 1.57 bits per heavy atom. The van der Waals surface area contributed by atoms with E-state index in [1.54, 1.807) is 6.92 Å². The van der Waals surface area contributed by atoms with Crippen LogP contribution in [0.4, 0.5) is 13.2 Å². The Morgan fingerprint density at radius 2 is 2.07 bits per heavy atom. The lowest BCUT2D eigenvalue weighted by Crippen LogP contribution is -2.42. The maximum atomic E-state index is 11.8. The molecule has 2 atom stereocenters. The predicted octanol–water partition coefficient (Wildman–Crippen LogP) is 1.20. The minimum Gasteiger partial charge on any atom is -0.382 e.